The molecule has 0 aliphatic carbocycles. The topological polar surface area (TPSA) is 84.8 Å². The van der Waals surface area contributed by atoms with Crippen LogP contribution in [0.3, 0.4) is 0 Å². The van der Waals surface area contributed by atoms with E-state index in [2.05, 4.69) is 31.0 Å². The lowest BCUT2D eigenvalue weighted by atomic mass is 10.1. The number of aryl methyl sites for hydroxylation is 1. The molecule has 0 unspecified atom stereocenters. The summed E-state index contributed by atoms with van der Waals surface area (Å²) in [5.41, 5.74) is 5.56. The number of hydrogen-bond donors (Lipinski definition) is 1. The van der Waals surface area contributed by atoms with E-state index in [0.29, 0.717) is 28.2 Å². The van der Waals surface area contributed by atoms with Gasteiger partial charge < -0.3 is 19.7 Å². The second-order valence-electron chi connectivity index (χ2n) is 8.21. The van der Waals surface area contributed by atoms with E-state index < -0.39 is 0 Å². The van der Waals surface area contributed by atoms with Crippen molar-refractivity contribution in [2.75, 3.05) is 5.32 Å². The van der Waals surface area contributed by atoms with Gasteiger partial charge in [0.2, 0.25) is 0 Å². The number of rotatable bonds is 6. The average Bonchev–Trinajstić information content (AvgIpc) is 2.90. The van der Waals surface area contributed by atoms with Gasteiger partial charge in [-0.05, 0) is 61.0 Å². The number of ether oxygens (including phenoxy) is 2. The molecule has 9 heteroatoms. The SMILES string of the molecule is Cc1cc(Nc2ncnc3ccc(Oc4ccnc(Cl)c4)cc23)ccc1OC1=CC2=NC=C=CN2C=C1. The van der Waals surface area contributed by atoms with Crippen molar-refractivity contribution >= 4 is 39.8 Å². The second kappa shape index (κ2) is 9.62. The number of halogens is 1. The van der Waals surface area contributed by atoms with Crippen LogP contribution in [-0.4, -0.2) is 25.7 Å². The third-order valence-corrected chi connectivity index (χ3v) is 5.83. The van der Waals surface area contributed by atoms with Gasteiger partial charge in [0.05, 0.1) is 17.9 Å². The fraction of sp³-hybridized carbons (Fsp3) is 0.0357. The smallest absolute Gasteiger partial charge is 0.141 e. The molecule has 0 radical (unpaired) electrons. The Kier molecular flexibility index (Phi) is 5.86. The van der Waals surface area contributed by atoms with Crippen molar-refractivity contribution < 1.29 is 9.47 Å². The summed E-state index contributed by atoms with van der Waals surface area (Å²) in [5, 5.41) is 4.57. The van der Waals surface area contributed by atoms with Crippen molar-refractivity contribution in [1.29, 1.82) is 0 Å². The minimum Gasteiger partial charge on any atom is -0.457 e. The van der Waals surface area contributed by atoms with Crippen LogP contribution in [0, 0.1) is 6.92 Å². The van der Waals surface area contributed by atoms with Crippen molar-refractivity contribution in [3.63, 3.8) is 0 Å². The van der Waals surface area contributed by atoms with Crippen LogP contribution in [0.5, 0.6) is 17.2 Å². The Morgan fingerprint density at radius 3 is 2.78 bits per heavy atom. The molecule has 4 aromatic rings. The van der Waals surface area contributed by atoms with E-state index in [1.807, 2.05) is 72.8 Å². The summed E-state index contributed by atoms with van der Waals surface area (Å²) in [5.74, 6) is 4.11. The highest BCUT2D eigenvalue weighted by Crippen LogP contribution is 2.31. The first-order chi connectivity index (χ1) is 18.1. The summed E-state index contributed by atoms with van der Waals surface area (Å²) in [7, 11) is 0. The normalized spacial score (nSPS) is 13.7. The predicted molar refractivity (Wildman–Crippen MR) is 143 cm³/mol. The molecular formula is C28H19ClN6O2. The number of hydrogen-bond acceptors (Lipinski definition) is 8. The molecule has 8 nitrogen and oxygen atoms in total. The lowest BCUT2D eigenvalue weighted by molar-refractivity contribution is 0.437. The maximum atomic E-state index is 6.13. The number of nitrogens with zero attached hydrogens (tertiary/aromatic N) is 5. The number of fused-ring (bicyclic) bond motifs is 2. The molecule has 4 heterocycles. The molecule has 0 saturated heterocycles. The molecule has 0 amide bonds. The van der Waals surface area contributed by atoms with Crippen LogP contribution in [0.25, 0.3) is 10.9 Å². The largest absolute Gasteiger partial charge is 0.457 e. The molecular weight excluding hydrogens is 488 g/mol. The number of anilines is 2. The lowest BCUT2D eigenvalue weighted by Gasteiger charge is -2.21. The first kappa shape index (κ1) is 22.5. The highest BCUT2D eigenvalue weighted by molar-refractivity contribution is 6.29. The van der Waals surface area contributed by atoms with Crippen molar-refractivity contribution in [3.8, 4) is 17.2 Å². The van der Waals surface area contributed by atoms with Crippen LogP contribution < -0.4 is 14.8 Å². The van der Waals surface area contributed by atoms with Gasteiger partial charge in [-0.2, -0.15) is 0 Å². The molecule has 1 N–H and O–H groups in total. The lowest BCUT2D eigenvalue weighted by Crippen LogP contribution is -2.22. The minimum atomic E-state index is 0.363. The zero-order valence-electron chi connectivity index (χ0n) is 19.6. The van der Waals surface area contributed by atoms with Crippen LogP contribution in [-0.2, 0) is 0 Å². The number of aliphatic imine (C=N–C) groups is 1. The molecule has 0 bridgehead atoms. The molecule has 0 fully saturated rings. The Hall–Kier alpha value is -4.91. The van der Waals surface area contributed by atoms with Crippen molar-refractivity contribution in [3.05, 3.63) is 114 Å². The first-order valence-electron chi connectivity index (χ1n) is 11.4. The van der Waals surface area contributed by atoms with E-state index in [1.165, 1.54) is 6.33 Å². The van der Waals surface area contributed by atoms with Crippen LogP contribution in [0.15, 0.2) is 108 Å². The second-order valence-corrected chi connectivity index (χ2v) is 8.59. The van der Waals surface area contributed by atoms with Gasteiger partial charge in [-0.3, -0.25) is 0 Å². The van der Waals surface area contributed by atoms with Gasteiger partial charge in [0.1, 0.15) is 46.1 Å². The standard InChI is InChI=1S/C28H19ClN6O2/c1-18-13-19(3-6-25(18)37-22-8-12-35-11-2-9-31-27(35)16-22)34-28-23-14-20(4-5-24(23)32-17-33-28)36-21-7-10-30-26(29)15-21/h3-17H,1H3,(H,32,33,34). The number of pyridine rings is 1. The molecule has 0 atom stereocenters. The Balaban J connectivity index is 1.22. The van der Waals surface area contributed by atoms with E-state index in [9.17, 15) is 0 Å². The Labute approximate surface area is 217 Å². The predicted octanol–water partition coefficient (Wildman–Crippen LogP) is 6.65. The average molecular weight is 507 g/mol. The van der Waals surface area contributed by atoms with E-state index in [4.69, 9.17) is 21.1 Å². The molecule has 2 aliphatic heterocycles. The van der Waals surface area contributed by atoms with E-state index in [1.54, 1.807) is 24.5 Å². The minimum absolute atomic E-state index is 0.363. The van der Waals surface area contributed by atoms with Gasteiger partial charge in [0.25, 0.3) is 0 Å². The molecule has 37 heavy (non-hydrogen) atoms. The summed E-state index contributed by atoms with van der Waals surface area (Å²) in [6.45, 7) is 1.99. The van der Waals surface area contributed by atoms with Gasteiger partial charge >= 0.3 is 0 Å². The molecule has 2 aromatic carbocycles. The number of allylic oxidation sites excluding steroid dienone is 1. The number of benzene rings is 2. The van der Waals surface area contributed by atoms with Crippen molar-refractivity contribution in [2.24, 2.45) is 4.99 Å². The van der Waals surface area contributed by atoms with Crippen LogP contribution in [0.1, 0.15) is 5.56 Å². The summed E-state index contributed by atoms with van der Waals surface area (Å²) in [6.07, 6.45) is 12.2. The van der Waals surface area contributed by atoms with Crippen LogP contribution in [0.2, 0.25) is 5.15 Å². The summed E-state index contributed by atoms with van der Waals surface area (Å²) in [4.78, 5) is 19.0. The van der Waals surface area contributed by atoms with Gasteiger partial charge in [0, 0.05) is 35.6 Å². The molecule has 180 valence electrons. The van der Waals surface area contributed by atoms with Crippen LogP contribution in [0.4, 0.5) is 11.5 Å². The first-order valence-corrected chi connectivity index (χ1v) is 11.8. The fourth-order valence-corrected chi connectivity index (χ4v) is 4.03. The van der Waals surface area contributed by atoms with E-state index in [-0.39, 0.29) is 0 Å². The van der Waals surface area contributed by atoms with Crippen LogP contribution >= 0.6 is 11.6 Å². The van der Waals surface area contributed by atoms with E-state index in [0.717, 1.165) is 33.7 Å². The van der Waals surface area contributed by atoms with Gasteiger partial charge in [-0.15, -0.1) is 0 Å². The maximum Gasteiger partial charge on any atom is 0.141 e. The number of aromatic nitrogens is 3. The quantitative estimate of drug-likeness (QED) is 0.231. The molecule has 0 spiro atoms. The van der Waals surface area contributed by atoms with Gasteiger partial charge in [-0.25, -0.2) is 19.9 Å². The van der Waals surface area contributed by atoms with E-state index >= 15 is 0 Å². The maximum absolute atomic E-state index is 6.13. The van der Waals surface area contributed by atoms with Crippen molar-refractivity contribution in [1.82, 2.24) is 19.9 Å². The summed E-state index contributed by atoms with van der Waals surface area (Å²) >= 11 is 5.98. The number of nitrogens with one attached hydrogen (secondary N) is 1. The molecule has 0 saturated carbocycles. The number of amidine groups is 1. The zero-order chi connectivity index (χ0) is 25.2. The Morgan fingerprint density at radius 1 is 0.973 bits per heavy atom. The Bertz CT molecular complexity index is 1690. The van der Waals surface area contributed by atoms with Gasteiger partial charge in [0.15, 0.2) is 0 Å². The fourth-order valence-electron chi connectivity index (χ4n) is 3.86. The zero-order valence-corrected chi connectivity index (χ0v) is 20.3. The summed E-state index contributed by atoms with van der Waals surface area (Å²) in [6, 6.07) is 14.9. The third kappa shape index (κ3) is 4.92. The van der Waals surface area contributed by atoms with Gasteiger partial charge in [-0.1, -0.05) is 17.3 Å². The monoisotopic (exact) mass is 506 g/mol. The highest BCUT2D eigenvalue weighted by Gasteiger charge is 2.14. The summed E-state index contributed by atoms with van der Waals surface area (Å²) < 4.78 is 12.1. The Morgan fingerprint density at radius 2 is 1.89 bits per heavy atom. The van der Waals surface area contributed by atoms with Crippen molar-refractivity contribution in [2.45, 2.75) is 6.92 Å². The highest BCUT2D eigenvalue weighted by atomic mass is 35.5. The molecule has 6 rings (SSSR count). The third-order valence-electron chi connectivity index (χ3n) is 5.63. The molecule has 2 aromatic heterocycles. The molecule has 2 aliphatic rings.